The zero-order chi connectivity index (χ0) is 25.0. The molecule has 0 aliphatic carbocycles. The SMILES string of the molecule is CC(C)C(NC(=O)C(CCCCN)NC(=O)C(Cc1cnc[nH]1)NC(=O)C(N)CS)C(=O)O. The van der Waals surface area contributed by atoms with E-state index >= 15 is 0 Å². The summed E-state index contributed by atoms with van der Waals surface area (Å²) in [5, 5.41) is 17.1. The highest BCUT2D eigenvalue weighted by molar-refractivity contribution is 7.80. The summed E-state index contributed by atoms with van der Waals surface area (Å²) in [6.45, 7) is 3.75. The maximum absolute atomic E-state index is 13.1. The van der Waals surface area contributed by atoms with E-state index in [-0.39, 0.29) is 24.5 Å². The second-order valence-corrected chi connectivity index (χ2v) is 8.41. The van der Waals surface area contributed by atoms with E-state index in [1.165, 1.54) is 12.5 Å². The van der Waals surface area contributed by atoms with Crippen molar-refractivity contribution < 1.29 is 24.3 Å². The second-order valence-electron chi connectivity index (χ2n) is 8.05. The molecule has 4 atom stereocenters. The molecule has 33 heavy (non-hydrogen) atoms. The predicted molar refractivity (Wildman–Crippen MR) is 125 cm³/mol. The Morgan fingerprint density at radius 1 is 1.09 bits per heavy atom. The average molecular weight is 486 g/mol. The number of carboxylic acid groups (broad SMARTS) is 1. The summed E-state index contributed by atoms with van der Waals surface area (Å²) in [6.07, 6.45) is 4.44. The van der Waals surface area contributed by atoms with Crippen LogP contribution in [-0.2, 0) is 25.6 Å². The van der Waals surface area contributed by atoms with Gasteiger partial charge in [0.15, 0.2) is 0 Å². The Kier molecular flexibility index (Phi) is 12.5. The van der Waals surface area contributed by atoms with E-state index in [0.717, 1.165) is 0 Å². The number of H-pyrrole nitrogens is 1. The molecule has 0 aromatic carbocycles. The number of rotatable bonds is 15. The van der Waals surface area contributed by atoms with Crippen molar-refractivity contribution in [2.45, 2.75) is 63.7 Å². The number of amides is 3. The molecular formula is C20H35N7O5S. The summed E-state index contributed by atoms with van der Waals surface area (Å²) in [4.78, 5) is 56.5. The predicted octanol–water partition coefficient (Wildman–Crippen LogP) is -1.47. The minimum atomic E-state index is -1.17. The highest BCUT2D eigenvalue weighted by Gasteiger charge is 2.31. The molecule has 0 saturated carbocycles. The monoisotopic (exact) mass is 485 g/mol. The van der Waals surface area contributed by atoms with Crippen molar-refractivity contribution in [1.29, 1.82) is 0 Å². The number of nitrogens with one attached hydrogen (secondary N) is 4. The van der Waals surface area contributed by atoms with Crippen molar-refractivity contribution in [3.63, 3.8) is 0 Å². The number of carbonyl (C=O) groups excluding carboxylic acids is 3. The van der Waals surface area contributed by atoms with Gasteiger partial charge in [0.05, 0.1) is 12.4 Å². The number of nitrogens with zero attached hydrogens (tertiary/aromatic N) is 1. The van der Waals surface area contributed by atoms with Gasteiger partial charge in [-0.05, 0) is 31.7 Å². The lowest BCUT2D eigenvalue weighted by Crippen LogP contribution is -2.58. The third-order valence-electron chi connectivity index (χ3n) is 4.96. The number of hydrogen-bond donors (Lipinski definition) is 8. The van der Waals surface area contributed by atoms with Crippen LogP contribution in [0.4, 0.5) is 0 Å². The molecule has 1 heterocycles. The molecule has 0 aliphatic rings. The molecular weight excluding hydrogens is 450 g/mol. The molecule has 0 saturated heterocycles. The molecule has 0 fully saturated rings. The molecule has 0 aliphatic heterocycles. The first-order valence-corrected chi connectivity index (χ1v) is 11.4. The highest BCUT2D eigenvalue weighted by Crippen LogP contribution is 2.07. The molecule has 13 heteroatoms. The van der Waals surface area contributed by atoms with Gasteiger partial charge < -0.3 is 37.5 Å². The van der Waals surface area contributed by atoms with Crippen LogP contribution in [0, 0.1) is 5.92 Å². The Morgan fingerprint density at radius 3 is 2.24 bits per heavy atom. The van der Waals surface area contributed by atoms with E-state index in [2.05, 4.69) is 38.5 Å². The lowest BCUT2D eigenvalue weighted by Gasteiger charge is -2.26. The van der Waals surface area contributed by atoms with Gasteiger partial charge in [-0.15, -0.1) is 0 Å². The minimum absolute atomic E-state index is 0.0811. The fourth-order valence-electron chi connectivity index (χ4n) is 2.99. The van der Waals surface area contributed by atoms with Gasteiger partial charge in [-0.1, -0.05) is 13.8 Å². The van der Waals surface area contributed by atoms with Crippen LogP contribution < -0.4 is 27.4 Å². The molecule has 9 N–H and O–H groups in total. The molecule has 1 aromatic rings. The number of nitrogens with two attached hydrogens (primary N) is 2. The minimum Gasteiger partial charge on any atom is -0.480 e. The Morgan fingerprint density at radius 2 is 1.73 bits per heavy atom. The largest absolute Gasteiger partial charge is 0.480 e. The van der Waals surface area contributed by atoms with Gasteiger partial charge in [0.25, 0.3) is 0 Å². The summed E-state index contributed by atoms with van der Waals surface area (Å²) in [6, 6.07) is -4.09. The molecule has 4 unspecified atom stereocenters. The third-order valence-corrected chi connectivity index (χ3v) is 5.35. The van der Waals surface area contributed by atoms with E-state index < -0.39 is 47.9 Å². The van der Waals surface area contributed by atoms with E-state index in [4.69, 9.17) is 11.5 Å². The summed E-state index contributed by atoms with van der Waals surface area (Å²) in [7, 11) is 0. The Bertz CT molecular complexity index is 775. The smallest absolute Gasteiger partial charge is 0.326 e. The van der Waals surface area contributed by atoms with Crippen molar-refractivity contribution in [2.75, 3.05) is 12.3 Å². The molecule has 3 amide bonds. The van der Waals surface area contributed by atoms with Crippen molar-refractivity contribution in [3.05, 3.63) is 18.2 Å². The van der Waals surface area contributed by atoms with Crippen LogP contribution in [0.15, 0.2) is 12.5 Å². The molecule has 0 radical (unpaired) electrons. The molecule has 1 rings (SSSR count). The van der Waals surface area contributed by atoms with Crippen LogP contribution in [-0.4, -0.2) is 75.2 Å². The van der Waals surface area contributed by atoms with Gasteiger partial charge >= 0.3 is 5.97 Å². The van der Waals surface area contributed by atoms with Crippen molar-refractivity contribution in [3.8, 4) is 0 Å². The van der Waals surface area contributed by atoms with Crippen LogP contribution >= 0.6 is 12.6 Å². The molecule has 12 nitrogen and oxygen atoms in total. The molecule has 186 valence electrons. The Hall–Kier alpha value is -2.64. The van der Waals surface area contributed by atoms with Gasteiger partial charge in [-0.2, -0.15) is 12.6 Å². The lowest BCUT2D eigenvalue weighted by atomic mass is 10.0. The number of aliphatic carboxylic acids is 1. The third kappa shape index (κ3) is 9.80. The van der Waals surface area contributed by atoms with Crippen LogP contribution in [0.5, 0.6) is 0 Å². The van der Waals surface area contributed by atoms with Crippen molar-refractivity contribution in [1.82, 2.24) is 25.9 Å². The van der Waals surface area contributed by atoms with Gasteiger partial charge in [-0.25, -0.2) is 9.78 Å². The Balaban J connectivity index is 3.02. The van der Waals surface area contributed by atoms with E-state index in [9.17, 15) is 24.3 Å². The first-order chi connectivity index (χ1) is 15.6. The number of aromatic amines is 1. The van der Waals surface area contributed by atoms with Gasteiger partial charge in [-0.3, -0.25) is 14.4 Å². The zero-order valence-corrected chi connectivity index (χ0v) is 19.8. The molecule has 1 aromatic heterocycles. The number of imidazole rings is 1. The number of carboxylic acids is 1. The first-order valence-electron chi connectivity index (χ1n) is 10.8. The first kappa shape index (κ1) is 28.4. The van der Waals surface area contributed by atoms with Crippen LogP contribution in [0.2, 0.25) is 0 Å². The van der Waals surface area contributed by atoms with Gasteiger partial charge in [0.1, 0.15) is 18.1 Å². The average Bonchev–Trinajstić information content (AvgIpc) is 3.28. The second kappa shape index (κ2) is 14.5. The maximum atomic E-state index is 13.1. The standard InChI is InChI=1S/C20H35N7O5S/c1-11(2)16(20(31)32)27-18(29)14(5-3-4-6-21)25-19(30)15(7-12-8-23-10-24-12)26-17(28)13(22)9-33/h8,10-11,13-16,33H,3-7,9,21-22H2,1-2H3,(H,23,24)(H,25,30)(H,26,28)(H,27,29)(H,31,32). The summed E-state index contributed by atoms with van der Waals surface area (Å²) >= 11 is 4.00. The van der Waals surface area contributed by atoms with Crippen LogP contribution in [0.1, 0.15) is 38.8 Å². The van der Waals surface area contributed by atoms with Crippen LogP contribution in [0.3, 0.4) is 0 Å². The maximum Gasteiger partial charge on any atom is 0.326 e. The van der Waals surface area contributed by atoms with E-state index in [0.29, 0.717) is 25.1 Å². The normalized spacial score (nSPS) is 14.7. The van der Waals surface area contributed by atoms with E-state index in [1.807, 2.05) is 0 Å². The van der Waals surface area contributed by atoms with E-state index in [1.54, 1.807) is 13.8 Å². The van der Waals surface area contributed by atoms with Gasteiger partial charge in [0.2, 0.25) is 17.7 Å². The molecule has 0 spiro atoms. The topological polar surface area (TPSA) is 205 Å². The van der Waals surface area contributed by atoms with Crippen LogP contribution in [0.25, 0.3) is 0 Å². The molecule has 0 bridgehead atoms. The highest BCUT2D eigenvalue weighted by atomic mass is 32.1. The van der Waals surface area contributed by atoms with Gasteiger partial charge in [0, 0.05) is 24.1 Å². The summed E-state index contributed by atoms with van der Waals surface area (Å²) in [5.41, 5.74) is 11.8. The number of carbonyl (C=O) groups is 4. The fourth-order valence-corrected chi connectivity index (χ4v) is 3.15. The number of thiol groups is 1. The number of aromatic nitrogens is 2. The number of unbranched alkanes of at least 4 members (excludes halogenated alkanes) is 1. The fraction of sp³-hybridized carbons (Fsp3) is 0.650. The lowest BCUT2D eigenvalue weighted by molar-refractivity contribution is -0.143. The zero-order valence-electron chi connectivity index (χ0n) is 18.9. The van der Waals surface area contributed by atoms with Crippen molar-refractivity contribution >= 4 is 36.3 Å². The summed E-state index contributed by atoms with van der Waals surface area (Å²) in [5.74, 6) is -3.26. The summed E-state index contributed by atoms with van der Waals surface area (Å²) < 4.78 is 0. The Labute approximate surface area is 198 Å². The quantitative estimate of drug-likeness (QED) is 0.108. The number of hydrogen-bond acceptors (Lipinski definition) is 8. The van der Waals surface area contributed by atoms with Crippen molar-refractivity contribution in [2.24, 2.45) is 17.4 Å².